The molecule has 1 aromatic carbocycles. The van der Waals surface area contributed by atoms with Crippen molar-refractivity contribution in [3.8, 4) is 5.69 Å². The van der Waals surface area contributed by atoms with Crippen LogP contribution in [0.3, 0.4) is 0 Å². The van der Waals surface area contributed by atoms with Gasteiger partial charge in [0, 0.05) is 17.1 Å². The molecule has 2 atom stereocenters. The molecule has 136 valence electrons. The molecule has 1 fully saturated rings. The van der Waals surface area contributed by atoms with Gasteiger partial charge in [0.25, 0.3) is 0 Å². The van der Waals surface area contributed by atoms with Gasteiger partial charge in [-0.05, 0) is 50.5 Å². The number of nitrogens with one attached hydrogen (secondary N) is 1. The Morgan fingerprint density at radius 3 is 2.89 bits per heavy atom. The number of aliphatic hydroxyl groups excluding tert-OH is 1. The van der Waals surface area contributed by atoms with E-state index in [2.05, 4.69) is 30.6 Å². The molecule has 0 saturated heterocycles. The number of fused-ring (bicyclic) bond motifs is 2. The lowest BCUT2D eigenvalue weighted by molar-refractivity contribution is 0.182. The SMILES string of the molecule is Cc1ccc2cc(-n3nnc4cnc(N[C@H]5CC[C@H](O)C5)nc43)ccc2n1. The van der Waals surface area contributed by atoms with Crippen LogP contribution in [0.15, 0.2) is 36.5 Å². The van der Waals surface area contributed by atoms with Crippen LogP contribution < -0.4 is 5.32 Å². The standard InChI is InChI=1S/C19H19N7O/c1-11-2-3-12-8-14(5-7-16(12)21-11)26-18-17(24-25-26)10-20-19(23-18)22-13-4-6-15(27)9-13/h2-3,5,7-8,10,13,15,27H,4,6,9H2,1H3,(H,20,22,23)/t13-,15-/m0/s1. The molecule has 0 amide bonds. The van der Waals surface area contributed by atoms with Gasteiger partial charge in [-0.3, -0.25) is 4.98 Å². The highest BCUT2D eigenvalue weighted by atomic mass is 16.3. The molecule has 27 heavy (non-hydrogen) atoms. The van der Waals surface area contributed by atoms with Gasteiger partial charge >= 0.3 is 0 Å². The number of aromatic nitrogens is 6. The largest absolute Gasteiger partial charge is 0.393 e. The third-order valence-corrected chi connectivity index (χ3v) is 4.99. The molecular weight excluding hydrogens is 342 g/mol. The van der Waals surface area contributed by atoms with Gasteiger partial charge in [0.1, 0.15) is 0 Å². The maximum Gasteiger partial charge on any atom is 0.225 e. The van der Waals surface area contributed by atoms with Gasteiger partial charge in [-0.2, -0.15) is 9.67 Å². The zero-order valence-electron chi connectivity index (χ0n) is 14.9. The van der Waals surface area contributed by atoms with E-state index in [0.717, 1.165) is 41.5 Å². The Morgan fingerprint density at radius 2 is 2.04 bits per heavy atom. The highest BCUT2D eigenvalue weighted by Gasteiger charge is 2.23. The zero-order chi connectivity index (χ0) is 18.4. The molecule has 1 aliphatic rings. The third-order valence-electron chi connectivity index (χ3n) is 4.99. The third kappa shape index (κ3) is 2.97. The van der Waals surface area contributed by atoms with Gasteiger partial charge in [0.15, 0.2) is 11.2 Å². The second-order valence-electron chi connectivity index (χ2n) is 7.04. The Bertz CT molecular complexity index is 1140. The quantitative estimate of drug-likeness (QED) is 0.578. The van der Waals surface area contributed by atoms with E-state index < -0.39 is 0 Å². The molecule has 0 aliphatic heterocycles. The maximum absolute atomic E-state index is 9.70. The molecule has 1 aliphatic carbocycles. The summed E-state index contributed by atoms with van der Waals surface area (Å²) in [5.74, 6) is 0.531. The highest BCUT2D eigenvalue weighted by molar-refractivity contribution is 5.82. The summed E-state index contributed by atoms with van der Waals surface area (Å²) < 4.78 is 1.71. The number of benzene rings is 1. The van der Waals surface area contributed by atoms with Crippen LogP contribution >= 0.6 is 0 Å². The number of rotatable bonds is 3. The molecule has 0 unspecified atom stereocenters. The van der Waals surface area contributed by atoms with Crippen LogP contribution in [0, 0.1) is 6.92 Å². The molecule has 1 saturated carbocycles. The van der Waals surface area contributed by atoms with E-state index >= 15 is 0 Å². The lowest BCUT2D eigenvalue weighted by Crippen LogP contribution is -2.18. The molecule has 0 spiro atoms. The average Bonchev–Trinajstić information content (AvgIpc) is 3.27. The van der Waals surface area contributed by atoms with Crippen molar-refractivity contribution in [2.75, 3.05) is 5.32 Å². The summed E-state index contributed by atoms with van der Waals surface area (Å²) >= 11 is 0. The Kier molecular flexibility index (Phi) is 3.71. The second kappa shape index (κ2) is 6.24. The van der Waals surface area contributed by atoms with Crippen LogP contribution in [0.5, 0.6) is 0 Å². The van der Waals surface area contributed by atoms with Gasteiger partial charge in [-0.1, -0.05) is 11.3 Å². The van der Waals surface area contributed by atoms with Crippen molar-refractivity contribution >= 4 is 28.0 Å². The fraction of sp³-hybridized carbons (Fsp3) is 0.316. The van der Waals surface area contributed by atoms with E-state index in [1.165, 1.54) is 0 Å². The number of aliphatic hydroxyl groups is 1. The topological polar surface area (TPSA) is 102 Å². The molecule has 3 heterocycles. The second-order valence-corrected chi connectivity index (χ2v) is 7.04. The van der Waals surface area contributed by atoms with Gasteiger partial charge in [0.05, 0.1) is 23.5 Å². The van der Waals surface area contributed by atoms with Gasteiger partial charge in [-0.15, -0.1) is 5.10 Å². The summed E-state index contributed by atoms with van der Waals surface area (Å²) in [6, 6.07) is 10.2. The van der Waals surface area contributed by atoms with Crippen LogP contribution in [-0.2, 0) is 0 Å². The predicted molar refractivity (Wildman–Crippen MR) is 102 cm³/mol. The molecule has 2 N–H and O–H groups in total. The zero-order valence-corrected chi connectivity index (χ0v) is 14.9. The fourth-order valence-electron chi connectivity index (χ4n) is 3.59. The van der Waals surface area contributed by atoms with E-state index in [4.69, 9.17) is 0 Å². The van der Waals surface area contributed by atoms with Crippen LogP contribution in [0.4, 0.5) is 5.95 Å². The number of pyridine rings is 1. The fourth-order valence-corrected chi connectivity index (χ4v) is 3.59. The molecule has 8 heteroatoms. The first kappa shape index (κ1) is 16.1. The monoisotopic (exact) mass is 361 g/mol. The van der Waals surface area contributed by atoms with Crippen molar-refractivity contribution in [1.82, 2.24) is 29.9 Å². The van der Waals surface area contributed by atoms with Crippen LogP contribution in [0.25, 0.3) is 27.8 Å². The molecule has 3 aromatic heterocycles. The van der Waals surface area contributed by atoms with Gasteiger partial charge in [0.2, 0.25) is 5.95 Å². The Morgan fingerprint density at radius 1 is 1.11 bits per heavy atom. The van der Waals surface area contributed by atoms with E-state index in [0.29, 0.717) is 17.1 Å². The molecule has 5 rings (SSSR count). The van der Waals surface area contributed by atoms with E-state index in [1.807, 2.05) is 37.3 Å². The smallest absolute Gasteiger partial charge is 0.225 e. The summed E-state index contributed by atoms with van der Waals surface area (Å²) in [6.07, 6.45) is 3.87. The molecular formula is C19H19N7O. The maximum atomic E-state index is 9.70. The Labute approximate surface area is 155 Å². The van der Waals surface area contributed by atoms with Crippen molar-refractivity contribution in [2.24, 2.45) is 0 Å². The first-order valence-electron chi connectivity index (χ1n) is 9.06. The van der Waals surface area contributed by atoms with E-state index in [-0.39, 0.29) is 12.1 Å². The van der Waals surface area contributed by atoms with Crippen molar-refractivity contribution in [3.05, 3.63) is 42.2 Å². The van der Waals surface area contributed by atoms with Gasteiger partial charge in [-0.25, -0.2) is 4.98 Å². The van der Waals surface area contributed by atoms with E-state index in [1.54, 1.807) is 10.9 Å². The van der Waals surface area contributed by atoms with Crippen molar-refractivity contribution in [3.63, 3.8) is 0 Å². The number of aryl methyl sites for hydroxylation is 1. The summed E-state index contributed by atoms with van der Waals surface area (Å²) in [6.45, 7) is 1.98. The summed E-state index contributed by atoms with van der Waals surface area (Å²) in [7, 11) is 0. The number of anilines is 1. The lowest BCUT2D eigenvalue weighted by Gasteiger charge is -2.11. The van der Waals surface area contributed by atoms with E-state index in [9.17, 15) is 5.11 Å². The predicted octanol–water partition coefficient (Wildman–Crippen LogP) is 2.39. The van der Waals surface area contributed by atoms with Crippen LogP contribution in [0.2, 0.25) is 0 Å². The summed E-state index contributed by atoms with van der Waals surface area (Å²) in [4.78, 5) is 13.5. The van der Waals surface area contributed by atoms with Crippen LogP contribution in [-0.4, -0.2) is 47.2 Å². The number of hydrogen-bond donors (Lipinski definition) is 2. The molecule has 8 nitrogen and oxygen atoms in total. The summed E-state index contributed by atoms with van der Waals surface area (Å²) in [5, 5.41) is 22.5. The lowest BCUT2D eigenvalue weighted by atomic mass is 10.2. The van der Waals surface area contributed by atoms with Crippen molar-refractivity contribution < 1.29 is 5.11 Å². The first-order chi connectivity index (χ1) is 13.2. The highest BCUT2D eigenvalue weighted by Crippen LogP contribution is 2.23. The minimum absolute atomic E-state index is 0.191. The minimum Gasteiger partial charge on any atom is -0.393 e. The Balaban J connectivity index is 1.53. The summed E-state index contributed by atoms with van der Waals surface area (Å²) in [5.41, 5.74) is 4.08. The first-order valence-corrected chi connectivity index (χ1v) is 9.06. The van der Waals surface area contributed by atoms with Gasteiger partial charge < -0.3 is 10.4 Å². The number of hydrogen-bond acceptors (Lipinski definition) is 7. The normalized spacial score (nSPS) is 19.8. The Hall–Kier alpha value is -3.13. The van der Waals surface area contributed by atoms with Crippen molar-refractivity contribution in [1.29, 1.82) is 0 Å². The molecule has 0 radical (unpaired) electrons. The van der Waals surface area contributed by atoms with Crippen LogP contribution in [0.1, 0.15) is 25.0 Å². The molecule has 4 aromatic rings. The van der Waals surface area contributed by atoms with Crippen molar-refractivity contribution in [2.45, 2.75) is 38.3 Å². The molecule has 0 bridgehead atoms. The number of nitrogens with zero attached hydrogens (tertiary/aromatic N) is 6. The average molecular weight is 361 g/mol. The minimum atomic E-state index is -0.242.